The highest BCUT2D eigenvalue weighted by Gasteiger charge is 2.50. The summed E-state index contributed by atoms with van der Waals surface area (Å²) in [6.45, 7) is 0.130. The summed E-state index contributed by atoms with van der Waals surface area (Å²) < 4.78 is 5.58. The average Bonchev–Trinajstić information content (AvgIpc) is 3.15. The van der Waals surface area contributed by atoms with Crippen molar-refractivity contribution in [2.24, 2.45) is 0 Å². The van der Waals surface area contributed by atoms with Gasteiger partial charge < -0.3 is 14.7 Å². The van der Waals surface area contributed by atoms with Crippen molar-refractivity contribution in [3.8, 4) is 11.1 Å². The Balaban J connectivity index is 1.31. The summed E-state index contributed by atoms with van der Waals surface area (Å²) in [6, 6.07) is 19.2. The largest absolute Gasteiger partial charge is 0.479 e. The Morgan fingerprint density at radius 2 is 1.66 bits per heavy atom. The Bertz CT molecular complexity index is 1270. The highest BCUT2D eigenvalue weighted by molar-refractivity contribution is 6.03. The van der Waals surface area contributed by atoms with Gasteiger partial charge in [-0.3, -0.25) is 10.1 Å². The molecule has 2 amide bonds. The molecule has 1 fully saturated rings. The minimum absolute atomic E-state index is 0.0315. The number of pyridine rings is 1. The first kappa shape index (κ1) is 22.6. The van der Waals surface area contributed by atoms with Crippen LogP contribution < -0.4 is 5.32 Å². The van der Waals surface area contributed by atoms with Crippen LogP contribution >= 0.6 is 0 Å². The zero-order valence-corrected chi connectivity index (χ0v) is 19.2. The van der Waals surface area contributed by atoms with Gasteiger partial charge in [-0.05, 0) is 53.6 Å². The van der Waals surface area contributed by atoms with E-state index in [1.807, 2.05) is 36.4 Å². The molecule has 2 aliphatic rings. The number of carboxylic acid groups (broad SMARTS) is 1. The number of nitrogens with zero attached hydrogens (tertiary/aromatic N) is 2. The third-order valence-electron chi connectivity index (χ3n) is 7.12. The zero-order valence-electron chi connectivity index (χ0n) is 19.2. The third kappa shape index (κ3) is 3.80. The molecule has 5 rings (SSSR count). The highest BCUT2D eigenvalue weighted by atomic mass is 16.5. The third-order valence-corrected chi connectivity index (χ3v) is 7.12. The number of carboxylic acids is 1. The fourth-order valence-corrected chi connectivity index (χ4v) is 4.98. The van der Waals surface area contributed by atoms with Crippen LogP contribution in [0.4, 0.5) is 10.5 Å². The number of carbonyl (C=O) groups is 3. The van der Waals surface area contributed by atoms with Crippen LogP contribution in [0, 0.1) is 0 Å². The van der Waals surface area contributed by atoms with E-state index in [-0.39, 0.29) is 23.9 Å². The number of hydrogen-bond acceptors (Lipinski definition) is 5. The molecule has 35 heavy (non-hydrogen) atoms. The molecule has 2 aromatic carbocycles. The number of nitrogens with one attached hydrogen (secondary N) is 1. The fourth-order valence-electron chi connectivity index (χ4n) is 4.98. The van der Waals surface area contributed by atoms with Crippen molar-refractivity contribution in [3.05, 3.63) is 83.7 Å². The molecule has 1 heterocycles. The molecule has 2 N–H and O–H groups in total. The Labute approximate surface area is 202 Å². The summed E-state index contributed by atoms with van der Waals surface area (Å²) in [5.74, 6) is -1.70. The predicted molar refractivity (Wildman–Crippen MR) is 129 cm³/mol. The smallest absolute Gasteiger partial charge is 0.411 e. The molecule has 0 bridgehead atoms. The first-order valence-electron chi connectivity index (χ1n) is 11.5. The topological polar surface area (TPSA) is 109 Å². The van der Waals surface area contributed by atoms with Crippen molar-refractivity contribution >= 4 is 23.7 Å². The zero-order chi connectivity index (χ0) is 24.6. The SMILES string of the molecule is CN(C(=O)c1ncccc1NC(=O)OCC1c2ccccc2-c2ccccc21)C1(C(=O)O)CCC1. The monoisotopic (exact) mass is 471 g/mol. The number of ether oxygens (including phenoxy) is 1. The van der Waals surface area contributed by atoms with Crippen LogP contribution in [-0.2, 0) is 9.53 Å². The van der Waals surface area contributed by atoms with E-state index in [2.05, 4.69) is 22.4 Å². The molecule has 2 aliphatic carbocycles. The van der Waals surface area contributed by atoms with Crippen molar-refractivity contribution < 1.29 is 24.2 Å². The van der Waals surface area contributed by atoms with Gasteiger partial charge in [-0.25, -0.2) is 14.6 Å². The van der Waals surface area contributed by atoms with Gasteiger partial charge in [0.15, 0.2) is 5.69 Å². The van der Waals surface area contributed by atoms with Crippen LogP contribution in [0.2, 0.25) is 0 Å². The number of carbonyl (C=O) groups excluding carboxylic acids is 2. The van der Waals surface area contributed by atoms with E-state index < -0.39 is 23.5 Å². The van der Waals surface area contributed by atoms with E-state index in [0.717, 1.165) is 28.7 Å². The number of amides is 2. The fraction of sp³-hybridized carbons (Fsp3) is 0.259. The van der Waals surface area contributed by atoms with Crippen LogP contribution in [0.3, 0.4) is 0 Å². The molecule has 0 aliphatic heterocycles. The second-order valence-electron chi connectivity index (χ2n) is 8.90. The van der Waals surface area contributed by atoms with Gasteiger partial charge in [0.25, 0.3) is 5.91 Å². The second kappa shape index (κ2) is 8.87. The van der Waals surface area contributed by atoms with Crippen molar-refractivity contribution in [1.82, 2.24) is 9.88 Å². The maximum Gasteiger partial charge on any atom is 0.411 e. The number of aliphatic carboxylic acids is 1. The predicted octanol–water partition coefficient (Wildman–Crippen LogP) is 4.52. The molecule has 8 heteroatoms. The summed E-state index contributed by atoms with van der Waals surface area (Å²) in [7, 11) is 1.46. The van der Waals surface area contributed by atoms with Crippen molar-refractivity contribution in [1.29, 1.82) is 0 Å². The normalized spacial score (nSPS) is 15.3. The number of benzene rings is 2. The summed E-state index contributed by atoms with van der Waals surface area (Å²) in [6.07, 6.45) is 2.21. The number of fused-ring (bicyclic) bond motifs is 3. The van der Waals surface area contributed by atoms with E-state index in [9.17, 15) is 19.5 Å². The molecule has 1 aromatic heterocycles. The van der Waals surface area contributed by atoms with E-state index in [0.29, 0.717) is 12.8 Å². The minimum atomic E-state index is -1.24. The first-order chi connectivity index (χ1) is 16.9. The quantitative estimate of drug-likeness (QED) is 0.547. The lowest BCUT2D eigenvalue weighted by atomic mass is 9.75. The Morgan fingerprint density at radius 3 is 2.23 bits per heavy atom. The van der Waals surface area contributed by atoms with Gasteiger partial charge in [-0.15, -0.1) is 0 Å². The molecule has 0 saturated heterocycles. The van der Waals surface area contributed by atoms with Gasteiger partial charge in [0.1, 0.15) is 12.1 Å². The summed E-state index contributed by atoms with van der Waals surface area (Å²) >= 11 is 0. The van der Waals surface area contributed by atoms with E-state index in [1.54, 1.807) is 12.1 Å². The van der Waals surface area contributed by atoms with Crippen molar-refractivity contribution in [3.63, 3.8) is 0 Å². The number of hydrogen-bond donors (Lipinski definition) is 2. The molecular weight excluding hydrogens is 446 g/mol. The summed E-state index contributed by atoms with van der Waals surface area (Å²) in [5, 5.41) is 12.3. The maximum absolute atomic E-state index is 13.1. The Morgan fingerprint density at radius 1 is 1.03 bits per heavy atom. The van der Waals surface area contributed by atoms with Crippen LogP contribution in [0.1, 0.15) is 46.8 Å². The number of rotatable bonds is 6. The standard InChI is InChI=1S/C27H25N3O5/c1-30(27(25(32)33)13-7-14-27)24(31)23-22(12-6-15-28-23)29-26(34)35-16-21-19-10-4-2-8-17(19)18-9-3-5-11-20(18)21/h2-6,8-12,15,21H,7,13-14,16H2,1H3,(H,29,34)(H,32,33). The number of aromatic nitrogens is 1. The lowest BCUT2D eigenvalue weighted by molar-refractivity contribution is -0.154. The van der Waals surface area contributed by atoms with Gasteiger partial charge >= 0.3 is 12.1 Å². The lowest BCUT2D eigenvalue weighted by Crippen LogP contribution is -2.59. The average molecular weight is 472 g/mol. The Kier molecular flexibility index (Phi) is 5.72. The van der Waals surface area contributed by atoms with Crippen molar-refractivity contribution in [2.75, 3.05) is 19.0 Å². The van der Waals surface area contributed by atoms with Crippen LogP contribution in [0.15, 0.2) is 66.9 Å². The highest BCUT2D eigenvalue weighted by Crippen LogP contribution is 2.44. The van der Waals surface area contributed by atoms with Gasteiger partial charge in [0.2, 0.25) is 0 Å². The molecule has 178 valence electrons. The Hall–Kier alpha value is -4.20. The molecule has 0 unspecified atom stereocenters. The number of likely N-dealkylation sites (N-methyl/N-ethyl adjacent to an activating group) is 1. The van der Waals surface area contributed by atoms with Crippen LogP contribution in [-0.4, -0.2) is 52.2 Å². The van der Waals surface area contributed by atoms with Crippen molar-refractivity contribution in [2.45, 2.75) is 30.7 Å². The minimum Gasteiger partial charge on any atom is -0.479 e. The van der Waals surface area contributed by atoms with E-state index in [4.69, 9.17) is 4.74 Å². The summed E-state index contributed by atoms with van der Waals surface area (Å²) in [4.78, 5) is 43.0. The van der Waals surface area contributed by atoms with Crippen LogP contribution in [0.25, 0.3) is 11.1 Å². The molecule has 0 atom stereocenters. The van der Waals surface area contributed by atoms with E-state index >= 15 is 0 Å². The number of anilines is 1. The van der Waals surface area contributed by atoms with E-state index in [1.165, 1.54) is 18.1 Å². The molecule has 8 nitrogen and oxygen atoms in total. The first-order valence-corrected chi connectivity index (χ1v) is 11.5. The molecule has 1 saturated carbocycles. The molecule has 0 spiro atoms. The lowest BCUT2D eigenvalue weighted by Gasteiger charge is -2.44. The summed E-state index contributed by atoms with van der Waals surface area (Å²) in [5.41, 5.74) is 3.35. The van der Waals surface area contributed by atoms with Gasteiger partial charge in [0.05, 0.1) is 5.69 Å². The van der Waals surface area contributed by atoms with Gasteiger partial charge in [0, 0.05) is 19.2 Å². The molecular formula is C27H25N3O5. The second-order valence-corrected chi connectivity index (χ2v) is 8.90. The van der Waals surface area contributed by atoms with Crippen LogP contribution in [0.5, 0.6) is 0 Å². The maximum atomic E-state index is 13.1. The molecule has 3 aromatic rings. The molecule has 0 radical (unpaired) electrons. The van der Waals surface area contributed by atoms with Gasteiger partial charge in [-0.1, -0.05) is 48.5 Å². The van der Waals surface area contributed by atoms with Gasteiger partial charge in [-0.2, -0.15) is 0 Å².